The molecule has 0 aromatic carbocycles. The summed E-state index contributed by atoms with van der Waals surface area (Å²) < 4.78 is 18.4. The van der Waals surface area contributed by atoms with Crippen molar-refractivity contribution in [2.24, 2.45) is 0 Å². The maximum absolute atomic E-state index is 13.5. The number of hydrogen-bond acceptors (Lipinski definition) is 4. The number of ether oxygens (including phenoxy) is 1. The van der Waals surface area contributed by atoms with Crippen molar-refractivity contribution in [1.82, 2.24) is 4.98 Å². The number of anilines is 1. The molecule has 0 aliphatic heterocycles. The van der Waals surface area contributed by atoms with Crippen molar-refractivity contribution in [3.63, 3.8) is 0 Å². The fourth-order valence-corrected chi connectivity index (χ4v) is 1.43. The Bertz CT molecular complexity index is 339. The molecular weight excluding hydrogens is 235 g/mol. The summed E-state index contributed by atoms with van der Waals surface area (Å²) in [7, 11) is 1.56. The van der Waals surface area contributed by atoms with Crippen molar-refractivity contribution in [3.05, 3.63) is 23.1 Å². The molecule has 0 atom stereocenters. The average molecular weight is 249 g/mol. The van der Waals surface area contributed by atoms with E-state index in [1.807, 2.05) is 0 Å². The summed E-state index contributed by atoms with van der Waals surface area (Å²) in [4.78, 5) is 5.51. The zero-order valence-electron chi connectivity index (χ0n) is 8.99. The van der Waals surface area contributed by atoms with Crippen LogP contribution in [0.1, 0.15) is 0 Å². The van der Waals surface area contributed by atoms with Gasteiger partial charge in [0.2, 0.25) is 0 Å². The Labute approximate surface area is 98.6 Å². The number of aliphatic hydroxyl groups excluding tert-OH is 1. The number of nitrogens with zero attached hydrogens (tertiary/aromatic N) is 2. The number of aliphatic hydroxyl groups is 1. The van der Waals surface area contributed by atoms with Crippen LogP contribution in [0.15, 0.2) is 12.3 Å². The van der Waals surface area contributed by atoms with Crippen LogP contribution in [0, 0.1) is 5.82 Å². The predicted octanol–water partition coefficient (Wildman–Crippen LogP) is 1.32. The lowest BCUT2D eigenvalue weighted by molar-refractivity contribution is 0.202. The topological polar surface area (TPSA) is 45.6 Å². The Morgan fingerprint density at radius 3 is 2.88 bits per heavy atom. The van der Waals surface area contributed by atoms with Gasteiger partial charge in [-0.1, -0.05) is 11.6 Å². The van der Waals surface area contributed by atoms with Crippen LogP contribution in [0.3, 0.4) is 0 Å². The van der Waals surface area contributed by atoms with E-state index in [0.717, 1.165) is 0 Å². The van der Waals surface area contributed by atoms with Crippen LogP contribution in [0.5, 0.6) is 0 Å². The maximum atomic E-state index is 13.5. The van der Waals surface area contributed by atoms with Gasteiger partial charge in [0.15, 0.2) is 11.6 Å². The molecule has 1 N–H and O–H groups in total. The molecule has 0 aliphatic carbocycles. The van der Waals surface area contributed by atoms with E-state index in [4.69, 9.17) is 21.4 Å². The van der Waals surface area contributed by atoms with E-state index in [2.05, 4.69) is 4.98 Å². The summed E-state index contributed by atoms with van der Waals surface area (Å²) in [6.45, 7) is 1.12. The zero-order chi connectivity index (χ0) is 12.0. The Kier molecular flexibility index (Phi) is 5.45. The fourth-order valence-electron chi connectivity index (χ4n) is 1.29. The van der Waals surface area contributed by atoms with Gasteiger partial charge in [0.25, 0.3) is 0 Å². The third-order valence-electron chi connectivity index (χ3n) is 2.02. The minimum absolute atomic E-state index is 0.0759. The minimum Gasteiger partial charge on any atom is -0.395 e. The largest absolute Gasteiger partial charge is 0.395 e. The van der Waals surface area contributed by atoms with Crippen molar-refractivity contribution in [3.8, 4) is 0 Å². The summed E-state index contributed by atoms with van der Waals surface area (Å²) in [5.74, 6) is -0.326. The van der Waals surface area contributed by atoms with Crippen LogP contribution in [-0.4, -0.2) is 43.5 Å². The molecule has 0 saturated heterocycles. The van der Waals surface area contributed by atoms with Gasteiger partial charge >= 0.3 is 0 Å². The molecule has 0 spiro atoms. The molecule has 0 saturated carbocycles. The normalized spacial score (nSPS) is 10.5. The molecule has 4 nitrogen and oxygen atoms in total. The highest BCUT2D eigenvalue weighted by atomic mass is 35.5. The van der Waals surface area contributed by atoms with E-state index in [-0.39, 0.29) is 17.4 Å². The molecule has 1 rings (SSSR count). The molecule has 0 aliphatic rings. The van der Waals surface area contributed by atoms with Crippen LogP contribution in [0.2, 0.25) is 5.02 Å². The van der Waals surface area contributed by atoms with E-state index in [0.29, 0.717) is 19.7 Å². The lowest BCUT2D eigenvalue weighted by atomic mass is 10.4. The number of halogens is 2. The second-order valence-electron chi connectivity index (χ2n) is 3.16. The van der Waals surface area contributed by atoms with Crippen LogP contribution in [0.4, 0.5) is 10.2 Å². The molecule has 0 fully saturated rings. The van der Waals surface area contributed by atoms with Gasteiger partial charge < -0.3 is 14.7 Å². The lowest BCUT2D eigenvalue weighted by Gasteiger charge is -2.22. The van der Waals surface area contributed by atoms with Gasteiger partial charge in [-0.3, -0.25) is 0 Å². The van der Waals surface area contributed by atoms with Crippen LogP contribution >= 0.6 is 11.6 Å². The molecule has 1 aromatic heterocycles. The van der Waals surface area contributed by atoms with E-state index >= 15 is 0 Å². The third-order valence-corrected chi connectivity index (χ3v) is 2.23. The van der Waals surface area contributed by atoms with Crippen molar-refractivity contribution >= 4 is 17.4 Å². The number of methoxy groups -OCH3 is 1. The summed E-state index contributed by atoms with van der Waals surface area (Å²) in [6, 6.07) is 1.20. The van der Waals surface area contributed by atoms with E-state index in [9.17, 15) is 4.39 Å². The minimum atomic E-state index is -0.503. The van der Waals surface area contributed by atoms with Crippen molar-refractivity contribution in [2.45, 2.75) is 0 Å². The molecule has 6 heteroatoms. The fraction of sp³-hybridized carbons (Fsp3) is 0.500. The highest BCUT2D eigenvalue weighted by Gasteiger charge is 2.12. The molecular formula is C10H14ClFN2O2. The molecule has 1 aromatic rings. The molecule has 0 amide bonds. The Morgan fingerprint density at radius 1 is 1.56 bits per heavy atom. The number of aromatic nitrogens is 1. The second kappa shape index (κ2) is 6.62. The highest BCUT2D eigenvalue weighted by Crippen LogP contribution is 2.19. The van der Waals surface area contributed by atoms with Gasteiger partial charge in [-0.05, 0) is 6.07 Å². The Balaban J connectivity index is 2.82. The zero-order valence-corrected chi connectivity index (χ0v) is 9.74. The van der Waals surface area contributed by atoms with Crippen LogP contribution in [-0.2, 0) is 4.74 Å². The maximum Gasteiger partial charge on any atom is 0.167 e. The van der Waals surface area contributed by atoms with Gasteiger partial charge in [-0.15, -0.1) is 0 Å². The van der Waals surface area contributed by atoms with Gasteiger partial charge in [-0.25, -0.2) is 9.37 Å². The molecule has 16 heavy (non-hydrogen) atoms. The Hall–Kier alpha value is -0.910. The highest BCUT2D eigenvalue weighted by molar-refractivity contribution is 6.30. The van der Waals surface area contributed by atoms with Gasteiger partial charge in [0.1, 0.15) is 0 Å². The van der Waals surface area contributed by atoms with Gasteiger partial charge in [0.05, 0.1) is 18.2 Å². The summed E-state index contributed by atoms with van der Waals surface area (Å²) in [6.07, 6.45) is 1.37. The van der Waals surface area contributed by atoms with E-state index in [1.54, 1.807) is 12.0 Å². The van der Waals surface area contributed by atoms with Crippen molar-refractivity contribution in [1.29, 1.82) is 0 Å². The van der Waals surface area contributed by atoms with Gasteiger partial charge in [-0.2, -0.15) is 0 Å². The Morgan fingerprint density at radius 2 is 2.31 bits per heavy atom. The van der Waals surface area contributed by atoms with Crippen molar-refractivity contribution in [2.75, 3.05) is 38.3 Å². The quantitative estimate of drug-likeness (QED) is 0.825. The lowest BCUT2D eigenvalue weighted by Crippen LogP contribution is -2.31. The average Bonchev–Trinajstić information content (AvgIpc) is 2.25. The first-order valence-electron chi connectivity index (χ1n) is 4.85. The second-order valence-corrected chi connectivity index (χ2v) is 3.60. The van der Waals surface area contributed by atoms with Gasteiger partial charge in [0, 0.05) is 26.4 Å². The number of pyridine rings is 1. The molecule has 90 valence electrons. The monoisotopic (exact) mass is 248 g/mol. The van der Waals surface area contributed by atoms with Crippen molar-refractivity contribution < 1.29 is 14.2 Å². The standard InChI is InChI=1S/C10H14ClFN2O2/c1-16-5-3-14(2-4-15)10-9(12)6-8(11)7-13-10/h6-7,15H,2-5H2,1H3. The predicted molar refractivity (Wildman–Crippen MR) is 60.4 cm³/mol. The third kappa shape index (κ3) is 3.59. The molecule has 1 heterocycles. The smallest absolute Gasteiger partial charge is 0.167 e. The summed E-state index contributed by atoms with van der Waals surface area (Å²) in [5.41, 5.74) is 0. The van der Waals surface area contributed by atoms with E-state index in [1.165, 1.54) is 12.3 Å². The first kappa shape index (κ1) is 13.2. The number of rotatable bonds is 6. The SMILES string of the molecule is COCCN(CCO)c1ncc(Cl)cc1F. The van der Waals surface area contributed by atoms with Crippen LogP contribution < -0.4 is 4.90 Å². The number of hydrogen-bond donors (Lipinski definition) is 1. The first-order chi connectivity index (χ1) is 7.69. The summed E-state index contributed by atoms with van der Waals surface area (Å²) >= 11 is 5.61. The first-order valence-corrected chi connectivity index (χ1v) is 5.22. The summed E-state index contributed by atoms with van der Waals surface area (Å²) in [5, 5.41) is 9.13. The van der Waals surface area contributed by atoms with Crippen LogP contribution in [0.25, 0.3) is 0 Å². The molecule has 0 unspecified atom stereocenters. The molecule has 0 bridgehead atoms. The molecule has 0 radical (unpaired) electrons. The van der Waals surface area contributed by atoms with E-state index < -0.39 is 5.82 Å².